The number of urea groups is 1. The lowest BCUT2D eigenvalue weighted by Crippen LogP contribution is -2.45. The summed E-state index contributed by atoms with van der Waals surface area (Å²) in [5.41, 5.74) is 4.50. The molecule has 0 aliphatic carbocycles. The highest BCUT2D eigenvalue weighted by Crippen LogP contribution is 2.42. The molecule has 1 aliphatic heterocycles. The lowest BCUT2D eigenvalue weighted by atomic mass is 9.90. The van der Waals surface area contributed by atoms with Gasteiger partial charge in [-0.1, -0.05) is 85.8 Å². The second-order valence-corrected chi connectivity index (χ2v) is 12.6. The first-order chi connectivity index (χ1) is 24.1. The van der Waals surface area contributed by atoms with Gasteiger partial charge >= 0.3 is 12.0 Å². The molecule has 0 radical (unpaired) electrons. The van der Waals surface area contributed by atoms with Gasteiger partial charge in [-0.2, -0.15) is 0 Å². The maximum Gasteiger partial charge on any atom is 0.328 e. The van der Waals surface area contributed by atoms with Crippen LogP contribution in [0, 0.1) is 5.92 Å². The second-order valence-electron chi connectivity index (χ2n) is 12.6. The minimum atomic E-state index is -0.868. The number of rotatable bonds is 13. The average molecular weight is 684 g/mol. The average Bonchev–Trinajstić information content (AvgIpc) is 3.12. The Bertz CT molecular complexity index is 1690. The van der Waals surface area contributed by atoms with E-state index in [0.29, 0.717) is 24.3 Å². The molecule has 1 aliphatic rings. The molecule has 50 heavy (non-hydrogen) atoms. The van der Waals surface area contributed by atoms with Crippen LogP contribution in [0.5, 0.6) is 5.75 Å². The van der Waals surface area contributed by atoms with Crippen molar-refractivity contribution in [2.75, 3.05) is 32.6 Å². The molecule has 2 amide bonds. The van der Waals surface area contributed by atoms with E-state index in [1.165, 1.54) is 7.11 Å². The first-order valence-corrected chi connectivity index (χ1v) is 16.6. The molecular weight excluding hydrogens is 638 g/mol. The van der Waals surface area contributed by atoms with Gasteiger partial charge in [-0.15, -0.1) is 0 Å². The van der Waals surface area contributed by atoms with Crippen LogP contribution in [0.4, 0.5) is 10.5 Å². The molecule has 0 spiro atoms. The van der Waals surface area contributed by atoms with Gasteiger partial charge in [-0.25, -0.2) is 9.59 Å². The summed E-state index contributed by atoms with van der Waals surface area (Å²) < 4.78 is 18.0. The molecule has 0 bridgehead atoms. The summed E-state index contributed by atoms with van der Waals surface area (Å²) in [6, 6.07) is 29.3. The van der Waals surface area contributed by atoms with Crippen LogP contribution in [0.2, 0.25) is 0 Å². The van der Waals surface area contributed by atoms with E-state index in [-0.39, 0.29) is 36.9 Å². The second kappa shape index (κ2) is 17.2. The van der Waals surface area contributed by atoms with Gasteiger partial charge in [-0.05, 0) is 53.6 Å². The molecule has 5 rings (SSSR count). The van der Waals surface area contributed by atoms with Crippen LogP contribution < -0.4 is 10.6 Å². The van der Waals surface area contributed by atoms with E-state index in [1.54, 1.807) is 36.4 Å². The molecule has 1 heterocycles. The smallest absolute Gasteiger partial charge is 0.328 e. The van der Waals surface area contributed by atoms with E-state index in [9.17, 15) is 24.9 Å². The number of hydrogen-bond donors (Lipinski definition) is 5. The van der Waals surface area contributed by atoms with Crippen molar-refractivity contribution in [3.63, 3.8) is 0 Å². The number of ether oxygens (including phenoxy) is 3. The number of carbonyl (C=O) groups excluding carboxylic acids is 2. The molecule has 0 saturated carbocycles. The monoisotopic (exact) mass is 683 g/mol. The molecule has 1 fully saturated rings. The molecule has 4 aromatic rings. The summed E-state index contributed by atoms with van der Waals surface area (Å²) in [4.78, 5) is 27.3. The van der Waals surface area contributed by atoms with E-state index in [1.807, 2.05) is 78.7 Å². The predicted molar refractivity (Wildman–Crippen MR) is 188 cm³/mol. The number of phenolic OH excluding ortho intramolecular Hbond substituents is 1. The zero-order valence-corrected chi connectivity index (χ0v) is 28.4. The van der Waals surface area contributed by atoms with Crippen molar-refractivity contribution < 1.29 is 39.1 Å². The Morgan fingerprint density at radius 1 is 0.900 bits per heavy atom. The van der Waals surface area contributed by atoms with Crippen molar-refractivity contribution >= 4 is 17.7 Å². The normalized spacial score (nSPS) is 20.1. The third-order valence-corrected chi connectivity index (χ3v) is 8.87. The van der Waals surface area contributed by atoms with Gasteiger partial charge in [0.1, 0.15) is 11.8 Å². The number of methoxy groups -OCH3 is 1. The summed E-state index contributed by atoms with van der Waals surface area (Å²) in [7, 11) is 3.19. The lowest BCUT2D eigenvalue weighted by Gasteiger charge is -2.42. The van der Waals surface area contributed by atoms with E-state index in [0.717, 1.165) is 22.3 Å². The van der Waals surface area contributed by atoms with Crippen molar-refractivity contribution in [2.24, 2.45) is 5.92 Å². The Hall–Kier alpha value is -4.78. The molecular formula is C39H45N3O8. The number of aliphatic hydroxyl groups excluding tert-OH is 2. The van der Waals surface area contributed by atoms with E-state index in [2.05, 4.69) is 17.6 Å². The number of hydrogen-bond acceptors (Lipinski definition) is 9. The molecule has 264 valence electrons. The molecule has 5 N–H and O–H groups in total. The lowest BCUT2D eigenvalue weighted by molar-refractivity contribution is -0.276. The highest BCUT2D eigenvalue weighted by Gasteiger charge is 2.39. The van der Waals surface area contributed by atoms with Crippen molar-refractivity contribution in [3.05, 3.63) is 131 Å². The summed E-state index contributed by atoms with van der Waals surface area (Å²) in [6.45, 7) is 2.82. The molecule has 11 nitrogen and oxygen atoms in total. The first kappa shape index (κ1) is 36.5. The van der Waals surface area contributed by atoms with Crippen LogP contribution >= 0.6 is 0 Å². The SMILES string of the molecule is COC(=O)[C@H](Cc1ccccc1)NC(=O)Nc1ccc([C@H]2O[C@@H](CN(C)C[C@@H](O)c3cccc(O)c3)[C@@H](C)[C@@H](c3ccc(CO)cc3)O2)cc1. The third-order valence-electron chi connectivity index (χ3n) is 8.87. The van der Waals surface area contributed by atoms with Crippen LogP contribution in [0.25, 0.3) is 0 Å². The van der Waals surface area contributed by atoms with Crippen LogP contribution in [0.15, 0.2) is 103 Å². The summed E-state index contributed by atoms with van der Waals surface area (Å²) in [5.74, 6) is -0.525. The highest BCUT2D eigenvalue weighted by molar-refractivity contribution is 5.92. The van der Waals surface area contributed by atoms with E-state index in [4.69, 9.17) is 14.2 Å². The Labute approximate surface area is 292 Å². The Balaban J connectivity index is 1.28. The first-order valence-electron chi connectivity index (χ1n) is 16.6. The number of anilines is 1. The minimum Gasteiger partial charge on any atom is -0.508 e. The molecule has 6 atom stereocenters. The van der Waals surface area contributed by atoms with E-state index < -0.39 is 30.4 Å². The van der Waals surface area contributed by atoms with E-state index >= 15 is 0 Å². The van der Waals surface area contributed by atoms with Gasteiger partial charge in [0, 0.05) is 36.7 Å². The number of aromatic hydroxyl groups is 1. The maximum absolute atomic E-state index is 12.9. The van der Waals surface area contributed by atoms with Crippen molar-refractivity contribution in [3.8, 4) is 5.75 Å². The quantitative estimate of drug-likeness (QED) is 0.119. The largest absolute Gasteiger partial charge is 0.508 e. The number of amides is 2. The zero-order valence-electron chi connectivity index (χ0n) is 28.4. The maximum atomic E-state index is 12.9. The van der Waals surface area contributed by atoms with Crippen LogP contribution in [-0.2, 0) is 32.0 Å². The fourth-order valence-corrected chi connectivity index (χ4v) is 6.08. The fraction of sp³-hybridized carbons (Fsp3) is 0.333. The van der Waals surface area contributed by atoms with Gasteiger partial charge in [0.2, 0.25) is 0 Å². The Kier molecular flexibility index (Phi) is 12.6. The van der Waals surface area contributed by atoms with Gasteiger partial charge in [-0.3, -0.25) is 0 Å². The third kappa shape index (κ3) is 9.68. The molecule has 0 aromatic heterocycles. The molecule has 1 saturated heterocycles. The van der Waals surface area contributed by atoms with Crippen LogP contribution in [0.1, 0.15) is 53.2 Å². The highest BCUT2D eigenvalue weighted by atomic mass is 16.7. The number of nitrogens with one attached hydrogen (secondary N) is 2. The number of carbonyl (C=O) groups is 2. The Morgan fingerprint density at radius 3 is 2.26 bits per heavy atom. The molecule has 4 aromatic carbocycles. The van der Waals surface area contributed by atoms with Crippen molar-refractivity contribution in [1.29, 1.82) is 0 Å². The number of esters is 1. The summed E-state index contributed by atoms with van der Waals surface area (Å²) in [6.07, 6.45) is -1.89. The number of benzene rings is 4. The van der Waals surface area contributed by atoms with Crippen LogP contribution in [-0.4, -0.2) is 71.6 Å². The summed E-state index contributed by atoms with van der Waals surface area (Å²) in [5, 5.41) is 35.8. The minimum absolute atomic E-state index is 0.0587. The topological polar surface area (TPSA) is 150 Å². The Morgan fingerprint density at radius 2 is 1.60 bits per heavy atom. The number of likely N-dealkylation sites (N-methyl/N-ethyl adjacent to an activating group) is 1. The zero-order chi connectivity index (χ0) is 35.6. The standard InChI is InChI=1S/C39H45N3O8/c1-25-35(23-42(2)22-34(45)30-10-7-11-32(44)21-30)49-38(50-36(25)28-14-12-27(24-43)13-15-28)29-16-18-31(19-17-29)40-39(47)41-33(37(46)48-3)20-26-8-5-4-6-9-26/h4-19,21,25,33-36,38,43-45H,20,22-24H2,1-3H3,(H2,40,41,47)/t25-,33+,34-,35+,36+,38+/m1/s1. The van der Waals surface area contributed by atoms with Gasteiger partial charge in [0.25, 0.3) is 0 Å². The van der Waals surface area contributed by atoms with Gasteiger partial charge < -0.3 is 45.1 Å². The molecule has 0 unspecified atom stereocenters. The van der Waals surface area contributed by atoms with Gasteiger partial charge in [0.15, 0.2) is 6.29 Å². The van der Waals surface area contributed by atoms with Crippen molar-refractivity contribution in [2.45, 2.75) is 50.6 Å². The van der Waals surface area contributed by atoms with Crippen LogP contribution in [0.3, 0.4) is 0 Å². The summed E-state index contributed by atoms with van der Waals surface area (Å²) >= 11 is 0. The fourth-order valence-electron chi connectivity index (χ4n) is 6.08. The molecule has 11 heteroatoms. The van der Waals surface area contributed by atoms with Gasteiger partial charge in [0.05, 0.1) is 32.0 Å². The predicted octanol–water partition coefficient (Wildman–Crippen LogP) is 5.25. The number of aliphatic hydroxyl groups is 2. The van der Waals surface area contributed by atoms with Crippen molar-refractivity contribution in [1.82, 2.24) is 10.2 Å². The number of phenols is 1. The number of nitrogens with zero attached hydrogens (tertiary/aromatic N) is 1.